The second-order valence-corrected chi connectivity index (χ2v) is 12.1. The van der Waals surface area contributed by atoms with Crippen LogP contribution in [0.4, 0.5) is 0 Å². The van der Waals surface area contributed by atoms with E-state index in [9.17, 15) is 4.79 Å². The van der Waals surface area contributed by atoms with Crippen LogP contribution in [0.2, 0.25) is 18.1 Å². The molecule has 5 heteroatoms. The first-order chi connectivity index (χ1) is 10.2. The van der Waals surface area contributed by atoms with Gasteiger partial charge in [0.1, 0.15) is 5.84 Å². The minimum Gasteiger partial charge on any atom is -0.415 e. The van der Waals surface area contributed by atoms with Crippen LogP contribution in [0.15, 0.2) is 35.3 Å². The lowest BCUT2D eigenvalue weighted by Crippen LogP contribution is -2.45. The van der Waals surface area contributed by atoms with Crippen molar-refractivity contribution in [2.75, 3.05) is 6.61 Å². The Balaban J connectivity index is 2.10. The summed E-state index contributed by atoms with van der Waals surface area (Å²) in [7, 11) is -1.81. The first-order valence-corrected chi connectivity index (χ1v) is 10.7. The molecule has 1 aromatic rings. The van der Waals surface area contributed by atoms with Crippen LogP contribution in [0.3, 0.4) is 0 Å². The van der Waals surface area contributed by atoms with Gasteiger partial charge in [0, 0.05) is 5.56 Å². The van der Waals surface area contributed by atoms with Crippen molar-refractivity contribution in [2.45, 2.75) is 51.4 Å². The molecule has 1 aromatic carbocycles. The van der Waals surface area contributed by atoms with Gasteiger partial charge < -0.3 is 9.74 Å². The smallest absolute Gasteiger partial charge is 0.227 e. The molecule has 0 aromatic heterocycles. The molecule has 1 N–H and O–H groups in total. The highest BCUT2D eigenvalue weighted by Gasteiger charge is 2.38. The fourth-order valence-electron chi connectivity index (χ4n) is 2.02. The van der Waals surface area contributed by atoms with E-state index in [0.29, 0.717) is 18.9 Å². The quantitative estimate of drug-likeness (QED) is 0.866. The number of benzene rings is 1. The minimum absolute atomic E-state index is 0.0117. The molecule has 1 aliphatic heterocycles. The number of carbonyl (C=O) groups excluding carboxylic acids is 1. The molecule has 0 aliphatic carbocycles. The molecule has 0 saturated carbocycles. The van der Waals surface area contributed by atoms with Gasteiger partial charge in [0.05, 0.1) is 19.1 Å². The first-order valence-electron chi connectivity index (χ1n) is 7.76. The lowest BCUT2D eigenvalue weighted by molar-refractivity contribution is -0.120. The van der Waals surface area contributed by atoms with Crippen LogP contribution in [0.1, 0.15) is 32.8 Å². The number of nitrogens with zero attached hydrogens (tertiary/aromatic N) is 1. The molecule has 2 rings (SSSR count). The number of nitrogens with one attached hydrogen (secondary N) is 1. The molecule has 0 fully saturated rings. The van der Waals surface area contributed by atoms with E-state index in [1.54, 1.807) is 0 Å². The van der Waals surface area contributed by atoms with Crippen LogP contribution >= 0.6 is 0 Å². The van der Waals surface area contributed by atoms with Gasteiger partial charge >= 0.3 is 0 Å². The molecular weight excluding hydrogens is 292 g/mol. The molecule has 1 heterocycles. The van der Waals surface area contributed by atoms with E-state index >= 15 is 0 Å². The summed E-state index contributed by atoms with van der Waals surface area (Å²) in [5.41, 5.74) is 0.938. The van der Waals surface area contributed by atoms with E-state index < -0.39 is 8.32 Å². The molecular formula is C17H26N2O2Si. The van der Waals surface area contributed by atoms with Crippen molar-refractivity contribution in [3.05, 3.63) is 35.9 Å². The van der Waals surface area contributed by atoms with Crippen molar-refractivity contribution in [3.8, 4) is 0 Å². The topological polar surface area (TPSA) is 50.7 Å². The SMILES string of the molecule is CC(C)(C)[Si](C)(C)OC[C@@H]1CC(=O)NC(c2ccccc2)=N1. The van der Waals surface area contributed by atoms with E-state index in [1.165, 1.54) is 0 Å². The molecule has 0 saturated heterocycles. The maximum atomic E-state index is 11.9. The maximum absolute atomic E-state index is 11.9. The number of amidine groups is 1. The zero-order valence-corrected chi connectivity index (χ0v) is 15.1. The summed E-state index contributed by atoms with van der Waals surface area (Å²) < 4.78 is 6.22. The van der Waals surface area contributed by atoms with E-state index in [4.69, 9.17) is 4.43 Å². The number of hydrogen-bond donors (Lipinski definition) is 1. The van der Waals surface area contributed by atoms with Crippen LogP contribution in [0.5, 0.6) is 0 Å². The van der Waals surface area contributed by atoms with E-state index in [1.807, 2.05) is 30.3 Å². The normalized spacial score (nSPS) is 19.6. The predicted octanol–water partition coefficient (Wildman–Crippen LogP) is 3.34. The molecule has 4 nitrogen and oxygen atoms in total. The Kier molecular flexibility index (Phi) is 4.87. The molecule has 0 bridgehead atoms. The zero-order valence-electron chi connectivity index (χ0n) is 14.1. The molecule has 1 amide bonds. The van der Waals surface area contributed by atoms with Gasteiger partial charge in [-0.25, -0.2) is 0 Å². The number of amides is 1. The third-order valence-electron chi connectivity index (χ3n) is 4.48. The van der Waals surface area contributed by atoms with Crippen LogP contribution in [0.25, 0.3) is 0 Å². The lowest BCUT2D eigenvalue weighted by Gasteiger charge is -2.37. The third kappa shape index (κ3) is 4.05. The summed E-state index contributed by atoms with van der Waals surface area (Å²) >= 11 is 0. The Labute approximate surface area is 134 Å². The summed E-state index contributed by atoms with van der Waals surface area (Å²) in [6.45, 7) is 11.6. The van der Waals surface area contributed by atoms with Crippen molar-refractivity contribution >= 4 is 20.1 Å². The second kappa shape index (κ2) is 6.34. The van der Waals surface area contributed by atoms with Gasteiger partial charge in [-0.15, -0.1) is 0 Å². The van der Waals surface area contributed by atoms with Gasteiger partial charge in [0.2, 0.25) is 5.91 Å². The summed E-state index contributed by atoms with van der Waals surface area (Å²) in [5.74, 6) is 0.665. The average molecular weight is 318 g/mol. The van der Waals surface area contributed by atoms with Gasteiger partial charge in [-0.05, 0) is 18.1 Å². The molecule has 22 heavy (non-hydrogen) atoms. The van der Waals surface area contributed by atoms with Crippen molar-refractivity contribution in [1.82, 2.24) is 5.32 Å². The second-order valence-electron chi connectivity index (χ2n) is 7.32. The van der Waals surface area contributed by atoms with Gasteiger partial charge in [-0.3, -0.25) is 9.79 Å². The molecule has 0 unspecified atom stereocenters. The van der Waals surface area contributed by atoms with Crippen molar-refractivity contribution in [2.24, 2.45) is 4.99 Å². The molecule has 0 radical (unpaired) electrons. The molecule has 1 atom stereocenters. The van der Waals surface area contributed by atoms with Crippen LogP contribution in [-0.4, -0.2) is 32.7 Å². The Morgan fingerprint density at radius 1 is 1.27 bits per heavy atom. The first kappa shape index (κ1) is 16.9. The van der Waals surface area contributed by atoms with Gasteiger partial charge in [-0.1, -0.05) is 51.1 Å². The van der Waals surface area contributed by atoms with Crippen molar-refractivity contribution in [1.29, 1.82) is 0 Å². The standard InChI is InChI=1S/C17H26N2O2Si/c1-17(2,3)22(4,5)21-12-14-11-15(20)19-16(18-14)13-9-7-6-8-10-13/h6-10,14H,11-12H2,1-5H3,(H,18,19,20)/t14-/m0/s1. The summed E-state index contributed by atoms with van der Waals surface area (Å²) in [4.78, 5) is 16.6. The fourth-order valence-corrected chi connectivity index (χ4v) is 3.06. The van der Waals surface area contributed by atoms with E-state index in [-0.39, 0.29) is 17.0 Å². The van der Waals surface area contributed by atoms with Crippen LogP contribution in [0, 0.1) is 0 Å². The fraction of sp³-hybridized carbons (Fsp3) is 0.529. The summed E-state index contributed by atoms with van der Waals surface area (Å²) in [5, 5.41) is 3.02. The Morgan fingerprint density at radius 3 is 2.50 bits per heavy atom. The van der Waals surface area contributed by atoms with Crippen molar-refractivity contribution < 1.29 is 9.22 Å². The maximum Gasteiger partial charge on any atom is 0.227 e. The minimum atomic E-state index is -1.81. The zero-order chi connectivity index (χ0) is 16.4. The lowest BCUT2D eigenvalue weighted by atomic mass is 10.1. The van der Waals surface area contributed by atoms with E-state index in [2.05, 4.69) is 44.2 Å². The highest BCUT2D eigenvalue weighted by molar-refractivity contribution is 6.74. The number of hydrogen-bond acceptors (Lipinski definition) is 3. The number of aliphatic imine (C=N–C) groups is 1. The third-order valence-corrected chi connectivity index (χ3v) is 8.98. The highest BCUT2D eigenvalue weighted by Crippen LogP contribution is 2.36. The monoisotopic (exact) mass is 318 g/mol. The Bertz CT molecular complexity index is 562. The average Bonchev–Trinajstić information content (AvgIpc) is 2.44. The number of carbonyl (C=O) groups is 1. The number of rotatable bonds is 4. The molecule has 1 aliphatic rings. The Morgan fingerprint density at radius 2 is 1.91 bits per heavy atom. The van der Waals surface area contributed by atoms with Gasteiger partial charge in [-0.2, -0.15) is 0 Å². The van der Waals surface area contributed by atoms with Gasteiger partial charge in [0.15, 0.2) is 8.32 Å². The van der Waals surface area contributed by atoms with Gasteiger partial charge in [0.25, 0.3) is 0 Å². The van der Waals surface area contributed by atoms with Crippen molar-refractivity contribution in [3.63, 3.8) is 0 Å². The van der Waals surface area contributed by atoms with Crippen LogP contribution < -0.4 is 5.32 Å². The highest BCUT2D eigenvalue weighted by atomic mass is 28.4. The summed E-state index contributed by atoms with van der Waals surface area (Å²) in [6.07, 6.45) is 0.394. The van der Waals surface area contributed by atoms with E-state index in [0.717, 1.165) is 5.56 Å². The largest absolute Gasteiger partial charge is 0.415 e. The summed E-state index contributed by atoms with van der Waals surface area (Å²) in [6, 6.07) is 9.65. The van der Waals surface area contributed by atoms with Crippen LogP contribution in [-0.2, 0) is 9.22 Å². The molecule has 0 spiro atoms. The Hall–Kier alpha value is -1.46. The molecule has 120 valence electrons. The predicted molar refractivity (Wildman–Crippen MR) is 92.7 cm³/mol.